The molecule has 1 aliphatic carbocycles. The van der Waals surface area contributed by atoms with Gasteiger partial charge >= 0.3 is 0 Å². The number of nitrogens with one attached hydrogen (secondary N) is 2. The maximum Gasteiger partial charge on any atom is 0.249 e. The van der Waals surface area contributed by atoms with E-state index in [1.807, 2.05) is 17.9 Å². The number of anilines is 1. The van der Waals surface area contributed by atoms with Gasteiger partial charge in [0.25, 0.3) is 0 Å². The van der Waals surface area contributed by atoms with Crippen LogP contribution in [-0.4, -0.2) is 44.5 Å². The van der Waals surface area contributed by atoms with Crippen LogP contribution in [0.4, 0.5) is 5.95 Å². The van der Waals surface area contributed by atoms with Crippen molar-refractivity contribution in [2.45, 2.75) is 45.1 Å². The second-order valence-electron chi connectivity index (χ2n) is 6.79. The Labute approximate surface area is 145 Å². The highest BCUT2D eigenvalue weighted by molar-refractivity contribution is 5.96. The number of aryl methyl sites for hydroxylation is 1. The van der Waals surface area contributed by atoms with E-state index in [2.05, 4.69) is 20.5 Å². The minimum Gasteiger partial charge on any atom is -0.458 e. The van der Waals surface area contributed by atoms with Crippen LogP contribution in [0.25, 0.3) is 11.6 Å². The number of nitrogens with zero attached hydrogens (tertiary/aromatic N) is 3. The van der Waals surface area contributed by atoms with Crippen LogP contribution in [0.1, 0.15) is 37.9 Å². The Morgan fingerprint density at radius 2 is 2.16 bits per heavy atom. The van der Waals surface area contributed by atoms with Crippen LogP contribution in [0.2, 0.25) is 0 Å². The Morgan fingerprint density at radius 3 is 2.88 bits per heavy atom. The summed E-state index contributed by atoms with van der Waals surface area (Å²) < 4.78 is 5.47. The summed E-state index contributed by atoms with van der Waals surface area (Å²) in [5.41, 5.74) is 0. The molecular formula is C17H21N5O3. The van der Waals surface area contributed by atoms with Crippen LogP contribution in [0, 0.1) is 12.8 Å². The lowest BCUT2D eigenvalue weighted by Gasteiger charge is -2.23. The summed E-state index contributed by atoms with van der Waals surface area (Å²) in [4.78, 5) is 30.8. The summed E-state index contributed by atoms with van der Waals surface area (Å²) in [5, 5.41) is 9.45. The van der Waals surface area contributed by atoms with E-state index < -0.39 is 0 Å². The van der Waals surface area contributed by atoms with E-state index in [0.29, 0.717) is 24.2 Å². The van der Waals surface area contributed by atoms with Gasteiger partial charge in [0.05, 0.1) is 5.92 Å². The fraction of sp³-hybridized carbons (Fsp3) is 0.529. The molecule has 8 nitrogen and oxygen atoms in total. The second kappa shape index (κ2) is 6.34. The maximum atomic E-state index is 12.5. The molecule has 0 bridgehead atoms. The minimum absolute atomic E-state index is 0.0776. The molecule has 3 heterocycles. The molecule has 1 atom stereocenters. The number of likely N-dealkylation sites (tertiary alicyclic amines) is 1. The Balaban J connectivity index is 1.39. The number of rotatable bonds is 4. The average molecular weight is 343 g/mol. The Morgan fingerprint density at radius 1 is 1.36 bits per heavy atom. The van der Waals surface area contributed by atoms with Crippen LogP contribution < -0.4 is 5.32 Å². The zero-order chi connectivity index (χ0) is 17.4. The molecular weight excluding hydrogens is 322 g/mol. The second-order valence-corrected chi connectivity index (χ2v) is 6.79. The van der Waals surface area contributed by atoms with Gasteiger partial charge in [-0.05, 0) is 31.9 Å². The molecule has 2 N–H and O–H groups in total. The van der Waals surface area contributed by atoms with Gasteiger partial charge in [0.2, 0.25) is 17.8 Å². The van der Waals surface area contributed by atoms with E-state index in [0.717, 1.165) is 31.4 Å². The number of furan rings is 1. The van der Waals surface area contributed by atoms with Crippen molar-refractivity contribution in [1.82, 2.24) is 20.1 Å². The molecule has 0 aromatic carbocycles. The molecule has 0 spiro atoms. The van der Waals surface area contributed by atoms with Crippen LogP contribution in [-0.2, 0) is 9.59 Å². The molecule has 1 saturated heterocycles. The molecule has 2 aromatic heterocycles. The van der Waals surface area contributed by atoms with Crippen molar-refractivity contribution in [2.24, 2.45) is 5.92 Å². The van der Waals surface area contributed by atoms with E-state index in [9.17, 15) is 9.59 Å². The monoisotopic (exact) mass is 343 g/mol. The number of carbonyl (C=O) groups excluding carboxylic acids is 2. The van der Waals surface area contributed by atoms with Crippen molar-refractivity contribution in [3.63, 3.8) is 0 Å². The zero-order valence-corrected chi connectivity index (χ0v) is 14.1. The first kappa shape index (κ1) is 15.9. The molecule has 1 saturated carbocycles. The van der Waals surface area contributed by atoms with E-state index in [1.165, 1.54) is 0 Å². The van der Waals surface area contributed by atoms with Crippen molar-refractivity contribution < 1.29 is 14.0 Å². The lowest BCUT2D eigenvalue weighted by molar-refractivity contribution is -0.129. The maximum absolute atomic E-state index is 12.5. The van der Waals surface area contributed by atoms with Gasteiger partial charge in [-0.15, -0.1) is 5.10 Å². The van der Waals surface area contributed by atoms with Crippen molar-refractivity contribution in [2.75, 3.05) is 11.9 Å². The number of amides is 2. The summed E-state index contributed by atoms with van der Waals surface area (Å²) >= 11 is 0. The summed E-state index contributed by atoms with van der Waals surface area (Å²) in [6.45, 7) is 2.33. The summed E-state index contributed by atoms with van der Waals surface area (Å²) in [7, 11) is 0. The van der Waals surface area contributed by atoms with Crippen molar-refractivity contribution in [1.29, 1.82) is 0 Å². The fourth-order valence-corrected chi connectivity index (χ4v) is 3.68. The summed E-state index contributed by atoms with van der Waals surface area (Å²) in [6, 6.07) is 3.93. The molecule has 2 aliphatic rings. The SMILES string of the molecule is Cc1ccc(-c2nc(NC(=O)[C@H]3CC(=O)N(C4CCCC4)C3)n[nH]2)o1. The number of hydrogen-bond acceptors (Lipinski definition) is 5. The molecule has 2 fully saturated rings. The number of H-pyrrole nitrogens is 1. The smallest absolute Gasteiger partial charge is 0.249 e. The number of aromatic nitrogens is 3. The van der Waals surface area contributed by atoms with Crippen LogP contribution in [0.3, 0.4) is 0 Å². The highest BCUT2D eigenvalue weighted by Crippen LogP contribution is 2.30. The molecule has 4 rings (SSSR count). The first-order valence-electron chi connectivity index (χ1n) is 8.69. The highest BCUT2D eigenvalue weighted by Gasteiger charge is 2.38. The topological polar surface area (TPSA) is 104 Å². The van der Waals surface area contributed by atoms with E-state index in [-0.39, 0.29) is 30.1 Å². The first-order chi connectivity index (χ1) is 12.1. The van der Waals surface area contributed by atoms with Crippen LogP contribution in [0.15, 0.2) is 16.5 Å². The third-order valence-corrected chi connectivity index (χ3v) is 4.99. The van der Waals surface area contributed by atoms with Gasteiger partial charge in [0.15, 0.2) is 11.6 Å². The standard InChI is InChI=1S/C17H21N5O3/c1-10-6-7-13(25-10)15-18-17(21-20-15)19-16(24)11-8-14(23)22(9-11)12-4-2-3-5-12/h6-7,11-12H,2-5,8-9H2,1H3,(H2,18,19,20,21,24)/t11-/m0/s1. The van der Waals surface area contributed by atoms with E-state index in [1.54, 1.807) is 6.07 Å². The third-order valence-electron chi connectivity index (χ3n) is 4.99. The Hall–Kier alpha value is -2.64. The third kappa shape index (κ3) is 3.16. The molecule has 132 valence electrons. The molecule has 25 heavy (non-hydrogen) atoms. The van der Waals surface area contributed by atoms with Crippen molar-refractivity contribution in [3.8, 4) is 11.6 Å². The van der Waals surface area contributed by atoms with Gasteiger partial charge in [0.1, 0.15) is 5.76 Å². The van der Waals surface area contributed by atoms with Gasteiger partial charge in [-0.25, -0.2) is 0 Å². The van der Waals surface area contributed by atoms with Crippen molar-refractivity contribution in [3.05, 3.63) is 17.9 Å². The predicted octanol–water partition coefficient (Wildman–Crippen LogP) is 2.10. The molecule has 1 aliphatic heterocycles. The van der Waals surface area contributed by atoms with Gasteiger partial charge in [-0.2, -0.15) is 4.98 Å². The molecule has 2 amide bonds. The highest BCUT2D eigenvalue weighted by atomic mass is 16.3. The number of aromatic amines is 1. The quantitative estimate of drug-likeness (QED) is 0.885. The Kier molecular flexibility index (Phi) is 4.03. The number of hydrogen-bond donors (Lipinski definition) is 2. The Bertz CT molecular complexity index is 790. The molecule has 2 aromatic rings. The molecule has 0 radical (unpaired) electrons. The number of carbonyl (C=O) groups is 2. The van der Waals surface area contributed by atoms with Gasteiger partial charge in [-0.3, -0.25) is 20.0 Å². The first-order valence-corrected chi connectivity index (χ1v) is 8.69. The van der Waals surface area contributed by atoms with E-state index >= 15 is 0 Å². The summed E-state index contributed by atoms with van der Waals surface area (Å²) in [5.74, 6) is 1.51. The minimum atomic E-state index is -0.346. The lowest BCUT2D eigenvalue weighted by atomic mass is 10.1. The van der Waals surface area contributed by atoms with Crippen molar-refractivity contribution >= 4 is 17.8 Å². The van der Waals surface area contributed by atoms with Gasteiger partial charge in [-0.1, -0.05) is 12.8 Å². The molecule has 8 heteroatoms. The molecule has 0 unspecified atom stereocenters. The average Bonchev–Trinajstić information content (AvgIpc) is 3.32. The van der Waals surface area contributed by atoms with Gasteiger partial charge < -0.3 is 9.32 Å². The zero-order valence-electron chi connectivity index (χ0n) is 14.1. The largest absolute Gasteiger partial charge is 0.458 e. The predicted molar refractivity (Wildman–Crippen MR) is 89.5 cm³/mol. The normalized spacial score (nSPS) is 21.2. The van der Waals surface area contributed by atoms with Crippen LogP contribution in [0.5, 0.6) is 0 Å². The van der Waals surface area contributed by atoms with Crippen LogP contribution >= 0.6 is 0 Å². The van der Waals surface area contributed by atoms with E-state index in [4.69, 9.17) is 4.42 Å². The fourth-order valence-electron chi connectivity index (χ4n) is 3.68. The lowest BCUT2D eigenvalue weighted by Crippen LogP contribution is -2.35. The van der Waals surface area contributed by atoms with Gasteiger partial charge in [0, 0.05) is 19.0 Å². The summed E-state index contributed by atoms with van der Waals surface area (Å²) in [6.07, 6.45) is 4.69.